The fraction of sp³-hybridized carbons (Fsp3) is 0.750. The van der Waals surface area contributed by atoms with Crippen molar-refractivity contribution in [3.05, 3.63) is 16.6 Å². The first-order chi connectivity index (χ1) is 7.27. The number of nitrogens with one attached hydrogen (secondary N) is 1. The maximum absolute atomic E-state index is 4.51. The summed E-state index contributed by atoms with van der Waals surface area (Å²) in [7, 11) is 2.08. The number of rotatable bonds is 2. The van der Waals surface area contributed by atoms with Gasteiger partial charge in [0, 0.05) is 11.6 Å². The van der Waals surface area contributed by atoms with Crippen LogP contribution in [0.3, 0.4) is 0 Å². The Labute approximate surface area is 96.1 Å². The molecular formula is C12H20N2S. The normalized spacial score (nSPS) is 32.5. The van der Waals surface area contributed by atoms with Gasteiger partial charge in [0.2, 0.25) is 0 Å². The molecule has 3 heteroatoms. The molecule has 1 aliphatic rings. The standard InChI is InChI=1S/C12H20N2S/c1-10-4-3-6-12(13-2,7-5-10)11-14-8-9-15-11/h8-10,13H,3-7H2,1-2H3. The van der Waals surface area contributed by atoms with E-state index in [4.69, 9.17) is 0 Å². The average molecular weight is 224 g/mol. The second-order valence-electron chi connectivity index (χ2n) is 4.71. The van der Waals surface area contributed by atoms with E-state index < -0.39 is 0 Å². The minimum Gasteiger partial charge on any atom is -0.308 e. The van der Waals surface area contributed by atoms with Crippen molar-refractivity contribution in [3.8, 4) is 0 Å². The summed E-state index contributed by atoms with van der Waals surface area (Å²) in [5.74, 6) is 0.875. The molecule has 15 heavy (non-hydrogen) atoms. The Kier molecular flexibility index (Phi) is 3.42. The zero-order chi connectivity index (χ0) is 10.7. The second-order valence-corrected chi connectivity index (χ2v) is 5.60. The van der Waals surface area contributed by atoms with Crippen LogP contribution >= 0.6 is 11.3 Å². The number of hydrogen-bond donors (Lipinski definition) is 1. The Morgan fingerprint density at radius 3 is 3.00 bits per heavy atom. The SMILES string of the molecule is CNC1(c2nccs2)CCCC(C)CC1. The Morgan fingerprint density at radius 2 is 2.33 bits per heavy atom. The van der Waals surface area contributed by atoms with Crippen molar-refractivity contribution in [2.75, 3.05) is 7.05 Å². The zero-order valence-corrected chi connectivity index (χ0v) is 10.4. The van der Waals surface area contributed by atoms with Gasteiger partial charge in [-0.25, -0.2) is 4.98 Å². The molecule has 1 fully saturated rings. The molecule has 2 unspecified atom stereocenters. The van der Waals surface area contributed by atoms with Crippen LogP contribution in [-0.2, 0) is 5.54 Å². The van der Waals surface area contributed by atoms with Gasteiger partial charge in [0.05, 0.1) is 5.54 Å². The molecular weight excluding hydrogens is 204 g/mol. The molecule has 2 rings (SSSR count). The number of aromatic nitrogens is 1. The predicted molar refractivity (Wildman–Crippen MR) is 65.1 cm³/mol. The molecule has 1 aliphatic carbocycles. The summed E-state index contributed by atoms with van der Waals surface area (Å²) in [6.07, 6.45) is 8.41. The smallest absolute Gasteiger partial charge is 0.113 e. The van der Waals surface area contributed by atoms with E-state index in [9.17, 15) is 0 Å². The van der Waals surface area contributed by atoms with Gasteiger partial charge >= 0.3 is 0 Å². The molecule has 84 valence electrons. The molecule has 0 radical (unpaired) electrons. The van der Waals surface area contributed by atoms with Gasteiger partial charge in [-0.2, -0.15) is 0 Å². The molecule has 1 saturated carbocycles. The fourth-order valence-corrected chi connectivity index (χ4v) is 3.45. The van der Waals surface area contributed by atoms with Gasteiger partial charge in [-0.05, 0) is 32.2 Å². The highest BCUT2D eigenvalue weighted by atomic mass is 32.1. The van der Waals surface area contributed by atoms with Crippen molar-refractivity contribution in [2.45, 2.75) is 44.6 Å². The van der Waals surface area contributed by atoms with Crippen molar-refractivity contribution in [1.29, 1.82) is 0 Å². The minimum absolute atomic E-state index is 0.166. The van der Waals surface area contributed by atoms with E-state index >= 15 is 0 Å². The van der Waals surface area contributed by atoms with Crippen molar-refractivity contribution < 1.29 is 0 Å². The van der Waals surface area contributed by atoms with Crippen LogP contribution in [0.1, 0.15) is 44.0 Å². The summed E-state index contributed by atoms with van der Waals surface area (Å²) in [6.45, 7) is 2.37. The van der Waals surface area contributed by atoms with Crippen LogP contribution in [0, 0.1) is 5.92 Å². The zero-order valence-electron chi connectivity index (χ0n) is 9.62. The lowest BCUT2D eigenvalue weighted by molar-refractivity contribution is 0.308. The lowest BCUT2D eigenvalue weighted by Crippen LogP contribution is -2.39. The van der Waals surface area contributed by atoms with Crippen molar-refractivity contribution in [3.63, 3.8) is 0 Å². The number of hydrogen-bond acceptors (Lipinski definition) is 3. The highest BCUT2D eigenvalue weighted by Gasteiger charge is 2.34. The monoisotopic (exact) mass is 224 g/mol. The van der Waals surface area contributed by atoms with E-state index in [0.717, 1.165) is 5.92 Å². The Morgan fingerprint density at radius 1 is 1.47 bits per heavy atom. The largest absolute Gasteiger partial charge is 0.308 e. The second kappa shape index (κ2) is 4.62. The summed E-state index contributed by atoms with van der Waals surface area (Å²) in [4.78, 5) is 4.51. The molecule has 2 nitrogen and oxygen atoms in total. The van der Waals surface area contributed by atoms with Crippen LogP contribution in [0.4, 0.5) is 0 Å². The first-order valence-corrected chi connectivity index (χ1v) is 6.74. The molecule has 1 aromatic rings. The van der Waals surface area contributed by atoms with Crippen LogP contribution in [0.25, 0.3) is 0 Å². The van der Waals surface area contributed by atoms with E-state index in [2.05, 4.69) is 29.7 Å². The van der Waals surface area contributed by atoms with Gasteiger partial charge in [-0.1, -0.05) is 19.8 Å². The highest BCUT2D eigenvalue weighted by Crippen LogP contribution is 2.38. The summed E-state index contributed by atoms with van der Waals surface area (Å²) in [5.41, 5.74) is 0.166. The minimum atomic E-state index is 0.166. The summed E-state index contributed by atoms with van der Waals surface area (Å²) < 4.78 is 0. The van der Waals surface area contributed by atoms with Gasteiger partial charge in [0.15, 0.2) is 0 Å². The van der Waals surface area contributed by atoms with Crippen molar-refractivity contribution in [1.82, 2.24) is 10.3 Å². The molecule has 0 aromatic carbocycles. The molecule has 1 N–H and O–H groups in total. The number of thiazole rings is 1. The topological polar surface area (TPSA) is 24.9 Å². The third kappa shape index (κ3) is 2.23. The van der Waals surface area contributed by atoms with Gasteiger partial charge in [-0.15, -0.1) is 11.3 Å². The summed E-state index contributed by atoms with van der Waals surface area (Å²) >= 11 is 1.79. The molecule has 2 atom stereocenters. The number of nitrogens with zero attached hydrogens (tertiary/aromatic N) is 1. The molecule has 0 saturated heterocycles. The summed E-state index contributed by atoms with van der Waals surface area (Å²) in [6, 6.07) is 0. The third-order valence-electron chi connectivity index (χ3n) is 3.68. The quantitative estimate of drug-likeness (QED) is 0.781. The first-order valence-electron chi connectivity index (χ1n) is 5.86. The summed E-state index contributed by atoms with van der Waals surface area (Å²) in [5, 5.41) is 6.89. The predicted octanol–water partition coefficient (Wildman–Crippen LogP) is 3.16. The van der Waals surface area contributed by atoms with Crippen molar-refractivity contribution in [2.24, 2.45) is 5.92 Å². The van der Waals surface area contributed by atoms with Gasteiger partial charge in [0.25, 0.3) is 0 Å². The van der Waals surface area contributed by atoms with Crippen LogP contribution in [0.15, 0.2) is 11.6 Å². The fourth-order valence-electron chi connectivity index (χ4n) is 2.55. The van der Waals surface area contributed by atoms with Gasteiger partial charge < -0.3 is 5.32 Å². The van der Waals surface area contributed by atoms with Crippen molar-refractivity contribution >= 4 is 11.3 Å². The van der Waals surface area contributed by atoms with E-state index in [-0.39, 0.29) is 5.54 Å². The lowest BCUT2D eigenvalue weighted by atomic mass is 9.90. The highest BCUT2D eigenvalue weighted by molar-refractivity contribution is 7.09. The molecule has 0 aliphatic heterocycles. The first kappa shape index (κ1) is 11.1. The van der Waals surface area contributed by atoms with Gasteiger partial charge in [-0.3, -0.25) is 0 Å². The average Bonchev–Trinajstić information content (AvgIpc) is 2.71. The maximum Gasteiger partial charge on any atom is 0.113 e. The van der Waals surface area contributed by atoms with Crippen LogP contribution in [-0.4, -0.2) is 12.0 Å². The molecule has 1 heterocycles. The molecule has 0 bridgehead atoms. The van der Waals surface area contributed by atoms with Crippen LogP contribution < -0.4 is 5.32 Å². The molecule has 0 spiro atoms. The Bertz CT molecular complexity index is 297. The van der Waals surface area contributed by atoms with E-state index in [0.29, 0.717) is 0 Å². The van der Waals surface area contributed by atoms with Gasteiger partial charge in [0.1, 0.15) is 5.01 Å². The maximum atomic E-state index is 4.51. The Hall–Kier alpha value is -0.410. The van der Waals surface area contributed by atoms with E-state index in [1.54, 1.807) is 11.3 Å². The lowest BCUT2D eigenvalue weighted by Gasteiger charge is -2.30. The molecule has 0 amide bonds. The van der Waals surface area contributed by atoms with E-state index in [1.807, 2.05) is 6.20 Å². The molecule has 1 aromatic heterocycles. The van der Waals surface area contributed by atoms with Crippen LogP contribution in [0.2, 0.25) is 0 Å². The Balaban J connectivity index is 2.21. The van der Waals surface area contributed by atoms with Crippen LogP contribution in [0.5, 0.6) is 0 Å². The van der Waals surface area contributed by atoms with E-state index in [1.165, 1.54) is 37.1 Å². The third-order valence-corrected chi connectivity index (χ3v) is 4.66.